The van der Waals surface area contributed by atoms with E-state index in [1.54, 1.807) is 0 Å². The maximum atomic E-state index is 12.0. The highest BCUT2D eigenvalue weighted by molar-refractivity contribution is 5.82. The first-order chi connectivity index (χ1) is 9.45. The Balaban J connectivity index is 2.51. The van der Waals surface area contributed by atoms with E-state index in [4.69, 9.17) is 5.73 Å². The van der Waals surface area contributed by atoms with Crippen LogP contribution in [0.1, 0.15) is 33.6 Å². The standard InChI is InChI=1S/C14H28N4O2/c1-10(2)17-13(19)11(3)18-8-4-5-12(9-18)14(20)16-7-6-15/h10-12H,4-9,15H2,1-3H3,(H,16,20)(H,17,19). The molecule has 2 amide bonds. The van der Waals surface area contributed by atoms with Gasteiger partial charge in [-0.3, -0.25) is 14.5 Å². The predicted octanol–water partition coefficient (Wildman–Crippen LogP) is -0.314. The van der Waals surface area contributed by atoms with Crippen LogP contribution in [0.2, 0.25) is 0 Å². The Labute approximate surface area is 121 Å². The van der Waals surface area contributed by atoms with Crippen molar-refractivity contribution in [1.29, 1.82) is 0 Å². The SMILES string of the molecule is CC(C)NC(=O)C(C)N1CCCC(C(=O)NCCN)C1. The number of nitrogens with two attached hydrogens (primary N) is 1. The lowest BCUT2D eigenvalue weighted by atomic mass is 9.96. The van der Waals surface area contributed by atoms with Crippen molar-refractivity contribution in [1.82, 2.24) is 15.5 Å². The summed E-state index contributed by atoms with van der Waals surface area (Å²) in [5.74, 6) is 0.0456. The van der Waals surface area contributed by atoms with E-state index < -0.39 is 0 Å². The van der Waals surface area contributed by atoms with Crippen molar-refractivity contribution in [3.63, 3.8) is 0 Å². The van der Waals surface area contributed by atoms with E-state index in [0.29, 0.717) is 19.6 Å². The number of hydrogen-bond acceptors (Lipinski definition) is 4. The van der Waals surface area contributed by atoms with Crippen molar-refractivity contribution in [3.8, 4) is 0 Å². The second-order valence-electron chi connectivity index (χ2n) is 5.75. The minimum atomic E-state index is -0.192. The second kappa shape index (κ2) is 8.21. The van der Waals surface area contributed by atoms with Gasteiger partial charge in [0.25, 0.3) is 0 Å². The fraction of sp³-hybridized carbons (Fsp3) is 0.857. The van der Waals surface area contributed by atoms with Gasteiger partial charge in [-0.25, -0.2) is 0 Å². The van der Waals surface area contributed by atoms with E-state index in [9.17, 15) is 9.59 Å². The van der Waals surface area contributed by atoms with Crippen molar-refractivity contribution >= 4 is 11.8 Å². The van der Waals surface area contributed by atoms with Crippen molar-refractivity contribution in [2.75, 3.05) is 26.2 Å². The molecule has 4 N–H and O–H groups in total. The number of nitrogens with zero attached hydrogens (tertiary/aromatic N) is 1. The van der Waals surface area contributed by atoms with Crippen molar-refractivity contribution in [2.45, 2.75) is 45.7 Å². The third-order valence-corrected chi connectivity index (χ3v) is 3.63. The summed E-state index contributed by atoms with van der Waals surface area (Å²) in [6, 6.07) is -0.0547. The summed E-state index contributed by atoms with van der Waals surface area (Å²) in [7, 11) is 0. The molecule has 1 heterocycles. The van der Waals surface area contributed by atoms with Gasteiger partial charge in [0.2, 0.25) is 11.8 Å². The first kappa shape index (κ1) is 16.9. The van der Waals surface area contributed by atoms with Gasteiger partial charge in [0, 0.05) is 25.7 Å². The first-order valence-electron chi connectivity index (χ1n) is 7.48. The van der Waals surface area contributed by atoms with Gasteiger partial charge in [0.15, 0.2) is 0 Å². The zero-order valence-corrected chi connectivity index (χ0v) is 12.8. The molecule has 0 aliphatic carbocycles. The van der Waals surface area contributed by atoms with Crippen LogP contribution in [0.15, 0.2) is 0 Å². The molecular weight excluding hydrogens is 256 g/mol. The molecule has 2 atom stereocenters. The molecule has 1 aliphatic rings. The lowest BCUT2D eigenvalue weighted by molar-refractivity contribution is -0.131. The summed E-state index contributed by atoms with van der Waals surface area (Å²) in [5, 5.41) is 5.75. The Bertz CT molecular complexity index is 333. The van der Waals surface area contributed by atoms with Gasteiger partial charge in [-0.1, -0.05) is 0 Å². The number of rotatable bonds is 6. The Kier molecular flexibility index (Phi) is 6.95. The van der Waals surface area contributed by atoms with Crippen LogP contribution < -0.4 is 16.4 Å². The minimum Gasteiger partial charge on any atom is -0.355 e. The number of amides is 2. The molecule has 1 saturated heterocycles. The van der Waals surface area contributed by atoms with E-state index >= 15 is 0 Å². The molecule has 6 heteroatoms. The zero-order valence-electron chi connectivity index (χ0n) is 12.8. The molecule has 6 nitrogen and oxygen atoms in total. The molecule has 0 spiro atoms. The van der Waals surface area contributed by atoms with Gasteiger partial charge in [0.05, 0.1) is 12.0 Å². The predicted molar refractivity (Wildman–Crippen MR) is 79.1 cm³/mol. The Hall–Kier alpha value is -1.14. The summed E-state index contributed by atoms with van der Waals surface area (Å²) in [4.78, 5) is 26.1. The quantitative estimate of drug-likeness (QED) is 0.624. The minimum absolute atomic E-state index is 0.0306. The number of carbonyl (C=O) groups excluding carboxylic acids is 2. The van der Waals surface area contributed by atoms with Crippen LogP contribution in [0.4, 0.5) is 0 Å². The number of carbonyl (C=O) groups is 2. The topological polar surface area (TPSA) is 87.5 Å². The van der Waals surface area contributed by atoms with Crippen LogP contribution in [0.5, 0.6) is 0 Å². The van der Waals surface area contributed by atoms with E-state index in [2.05, 4.69) is 15.5 Å². The monoisotopic (exact) mass is 284 g/mol. The van der Waals surface area contributed by atoms with Gasteiger partial charge >= 0.3 is 0 Å². The zero-order chi connectivity index (χ0) is 15.1. The summed E-state index contributed by atoms with van der Waals surface area (Å²) >= 11 is 0. The number of piperidine rings is 1. The van der Waals surface area contributed by atoms with Crippen LogP contribution >= 0.6 is 0 Å². The molecule has 1 aliphatic heterocycles. The first-order valence-corrected chi connectivity index (χ1v) is 7.48. The van der Waals surface area contributed by atoms with E-state index in [1.165, 1.54) is 0 Å². The van der Waals surface area contributed by atoms with E-state index in [0.717, 1.165) is 19.4 Å². The van der Waals surface area contributed by atoms with Crippen LogP contribution in [-0.2, 0) is 9.59 Å². The number of likely N-dealkylation sites (tertiary alicyclic amines) is 1. The summed E-state index contributed by atoms with van der Waals surface area (Å²) in [6.45, 7) is 8.27. The highest BCUT2D eigenvalue weighted by Crippen LogP contribution is 2.18. The van der Waals surface area contributed by atoms with E-state index in [1.807, 2.05) is 20.8 Å². The molecule has 116 valence electrons. The summed E-state index contributed by atoms with van der Waals surface area (Å²) < 4.78 is 0. The molecule has 0 aromatic carbocycles. The number of hydrogen-bond donors (Lipinski definition) is 3. The van der Waals surface area contributed by atoms with Gasteiger partial charge < -0.3 is 16.4 Å². The maximum absolute atomic E-state index is 12.0. The highest BCUT2D eigenvalue weighted by Gasteiger charge is 2.30. The molecule has 20 heavy (non-hydrogen) atoms. The van der Waals surface area contributed by atoms with Crippen LogP contribution in [0, 0.1) is 5.92 Å². The molecule has 0 saturated carbocycles. The third-order valence-electron chi connectivity index (χ3n) is 3.63. The molecule has 0 aromatic heterocycles. The van der Waals surface area contributed by atoms with Crippen LogP contribution in [0.3, 0.4) is 0 Å². The fourth-order valence-electron chi connectivity index (χ4n) is 2.48. The Morgan fingerprint density at radius 3 is 2.65 bits per heavy atom. The van der Waals surface area contributed by atoms with Gasteiger partial charge in [-0.05, 0) is 40.2 Å². The smallest absolute Gasteiger partial charge is 0.237 e. The molecule has 0 aromatic rings. The largest absolute Gasteiger partial charge is 0.355 e. The highest BCUT2D eigenvalue weighted by atomic mass is 16.2. The lowest BCUT2D eigenvalue weighted by Gasteiger charge is -2.35. The number of nitrogens with one attached hydrogen (secondary N) is 2. The van der Waals surface area contributed by atoms with Gasteiger partial charge in [-0.2, -0.15) is 0 Å². The van der Waals surface area contributed by atoms with E-state index in [-0.39, 0.29) is 29.8 Å². The molecule has 0 radical (unpaired) electrons. The Morgan fingerprint density at radius 1 is 1.35 bits per heavy atom. The van der Waals surface area contributed by atoms with Crippen LogP contribution in [0.25, 0.3) is 0 Å². The normalized spacial score (nSPS) is 21.6. The average Bonchev–Trinajstić information content (AvgIpc) is 2.43. The molecular formula is C14H28N4O2. The maximum Gasteiger partial charge on any atom is 0.237 e. The Morgan fingerprint density at radius 2 is 2.05 bits per heavy atom. The molecule has 1 fully saturated rings. The molecule has 0 bridgehead atoms. The van der Waals surface area contributed by atoms with Gasteiger partial charge in [0.1, 0.15) is 0 Å². The van der Waals surface area contributed by atoms with Crippen molar-refractivity contribution in [3.05, 3.63) is 0 Å². The molecule has 2 unspecified atom stereocenters. The van der Waals surface area contributed by atoms with Crippen molar-refractivity contribution in [2.24, 2.45) is 11.7 Å². The van der Waals surface area contributed by atoms with Gasteiger partial charge in [-0.15, -0.1) is 0 Å². The fourth-order valence-corrected chi connectivity index (χ4v) is 2.48. The summed E-state index contributed by atoms with van der Waals surface area (Å²) in [6.07, 6.45) is 1.82. The summed E-state index contributed by atoms with van der Waals surface area (Å²) in [5.41, 5.74) is 5.39. The molecule has 1 rings (SSSR count). The third kappa shape index (κ3) is 5.09. The second-order valence-corrected chi connectivity index (χ2v) is 5.75. The van der Waals surface area contributed by atoms with Crippen molar-refractivity contribution < 1.29 is 9.59 Å². The lowest BCUT2D eigenvalue weighted by Crippen LogP contribution is -2.52. The van der Waals surface area contributed by atoms with Crippen LogP contribution in [-0.4, -0.2) is 55.0 Å². The average molecular weight is 284 g/mol.